The second-order valence-corrected chi connectivity index (χ2v) is 3.99. The highest BCUT2D eigenvalue weighted by atomic mass is 16.4. The second-order valence-electron chi connectivity index (χ2n) is 3.99. The van der Waals surface area contributed by atoms with Crippen LogP contribution in [0.5, 0.6) is 0 Å². The van der Waals surface area contributed by atoms with Crippen LogP contribution in [0.2, 0.25) is 0 Å². The lowest BCUT2D eigenvalue weighted by Gasteiger charge is -2.18. The first kappa shape index (κ1) is 11.7. The van der Waals surface area contributed by atoms with Crippen LogP contribution in [0.25, 0.3) is 0 Å². The van der Waals surface area contributed by atoms with E-state index in [0.717, 1.165) is 27.8 Å². The van der Waals surface area contributed by atoms with E-state index in [0.29, 0.717) is 0 Å². The smallest absolute Gasteiger partial charge is 0.325 e. The number of carboxylic acids is 1. The van der Waals surface area contributed by atoms with Gasteiger partial charge >= 0.3 is 5.97 Å². The molecule has 1 unspecified atom stereocenters. The Labute approximate surface area is 89.9 Å². The molecule has 1 atom stereocenters. The highest BCUT2D eigenvalue weighted by Crippen LogP contribution is 2.26. The van der Waals surface area contributed by atoms with Crippen molar-refractivity contribution in [2.45, 2.75) is 33.7 Å². The molecule has 3 N–H and O–H groups in total. The minimum absolute atomic E-state index is 0.750. The normalized spacial score (nSPS) is 12.6. The molecule has 0 aliphatic carbocycles. The molecule has 1 rings (SSSR count). The lowest BCUT2D eigenvalue weighted by molar-refractivity contribution is -0.138. The summed E-state index contributed by atoms with van der Waals surface area (Å²) >= 11 is 0. The Hall–Kier alpha value is -1.35. The number of carbonyl (C=O) groups is 1. The van der Waals surface area contributed by atoms with Gasteiger partial charge in [0.05, 0.1) is 0 Å². The van der Waals surface area contributed by atoms with E-state index < -0.39 is 12.0 Å². The minimum atomic E-state index is -0.980. The fraction of sp³-hybridized carbons (Fsp3) is 0.417. The van der Waals surface area contributed by atoms with Crippen LogP contribution in [0, 0.1) is 27.7 Å². The largest absolute Gasteiger partial charge is 0.480 e. The van der Waals surface area contributed by atoms with E-state index in [-0.39, 0.29) is 0 Å². The van der Waals surface area contributed by atoms with Crippen molar-refractivity contribution in [1.29, 1.82) is 0 Å². The number of carboxylic acid groups (broad SMARTS) is 1. The van der Waals surface area contributed by atoms with Crippen molar-refractivity contribution in [2.75, 3.05) is 0 Å². The van der Waals surface area contributed by atoms with Gasteiger partial charge in [0, 0.05) is 0 Å². The van der Waals surface area contributed by atoms with Gasteiger partial charge < -0.3 is 10.8 Å². The van der Waals surface area contributed by atoms with E-state index in [2.05, 4.69) is 6.07 Å². The minimum Gasteiger partial charge on any atom is -0.480 e. The van der Waals surface area contributed by atoms with Crippen molar-refractivity contribution in [1.82, 2.24) is 0 Å². The number of rotatable bonds is 2. The standard InChI is InChI=1S/C12H17NO2/c1-6-5-7(2)9(4)10(8(6)3)11(13)12(14)15/h5,11H,13H2,1-4H3,(H,14,15). The van der Waals surface area contributed by atoms with E-state index in [1.54, 1.807) is 0 Å². The summed E-state index contributed by atoms with van der Waals surface area (Å²) in [5.74, 6) is -0.980. The predicted molar refractivity (Wildman–Crippen MR) is 60.0 cm³/mol. The number of hydrogen-bond acceptors (Lipinski definition) is 2. The number of nitrogens with two attached hydrogens (primary N) is 1. The monoisotopic (exact) mass is 207 g/mol. The highest BCUT2D eigenvalue weighted by Gasteiger charge is 2.20. The molecule has 1 aromatic rings. The van der Waals surface area contributed by atoms with Crippen LogP contribution in [-0.4, -0.2) is 11.1 Å². The van der Waals surface area contributed by atoms with Gasteiger partial charge in [-0.05, 0) is 55.5 Å². The summed E-state index contributed by atoms with van der Waals surface area (Å²) in [5.41, 5.74) is 10.6. The Morgan fingerprint density at radius 3 is 1.93 bits per heavy atom. The average Bonchev–Trinajstić information content (AvgIpc) is 2.15. The van der Waals surface area contributed by atoms with Crippen molar-refractivity contribution < 1.29 is 9.90 Å². The van der Waals surface area contributed by atoms with Crippen molar-refractivity contribution in [3.8, 4) is 0 Å². The molecule has 0 aromatic heterocycles. The molecular weight excluding hydrogens is 190 g/mol. The van der Waals surface area contributed by atoms with Gasteiger partial charge in [-0.25, -0.2) is 0 Å². The van der Waals surface area contributed by atoms with E-state index in [1.807, 2.05) is 27.7 Å². The molecule has 0 aliphatic heterocycles. The van der Waals surface area contributed by atoms with Gasteiger partial charge in [0.2, 0.25) is 0 Å². The molecule has 0 radical (unpaired) electrons. The molecule has 15 heavy (non-hydrogen) atoms. The number of benzene rings is 1. The summed E-state index contributed by atoms with van der Waals surface area (Å²) in [6, 6.07) is 1.13. The molecular formula is C12H17NO2. The summed E-state index contributed by atoms with van der Waals surface area (Å²) in [4.78, 5) is 10.9. The van der Waals surface area contributed by atoms with Crippen molar-refractivity contribution in [2.24, 2.45) is 5.73 Å². The molecule has 0 heterocycles. The molecule has 0 saturated heterocycles. The van der Waals surface area contributed by atoms with Crippen LogP contribution < -0.4 is 5.73 Å². The van der Waals surface area contributed by atoms with Crippen molar-refractivity contribution >= 4 is 5.97 Å². The zero-order chi connectivity index (χ0) is 11.7. The highest BCUT2D eigenvalue weighted by molar-refractivity contribution is 5.77. The van der Waals surface area contributed by atoms with Crippen molar-refractivity contribution in [3.63, 3.8) is 0 Å². The Bertz CT molecular complexity index is 384. The lowest BCUT2D eigenvalue weighted by Crippen LogP contribution is -2.23. The molecule has 3 heteroatoms. The molecule has 0 fully saturated rings. The maximum Gasteiger partial charge on any atom is 0.325 e. The number of aliphatic carboxylic acids is 1. The third-order valence-electron chi connectivity index (χ3n) is 3.00. The zero-order valence-corrected chi connectivity index (χ0v) is 9.59. The maximum absolute atomic E-state index is 10.9. The third-order valence-corrected chi connectivity index (χ3v) is 3.00. The van der Waals surface area contributed by atoms with E-state index in [4.69, 9.17) is 10.8 Å². The van der Waals surface area contributed by atoms with Gasteiger partial charge in [-0.1, -0.05) is 6.07 Å². The predicted octanol–water partition coefficient (Wildman–Crippen LogP) is 2.00. The molecule has 1 aromatic carbocycles. The Balaban J connectivity index is 3.45. The molecule has 0 amide bonds. The van der Waals surface area contributed by atoms with Gasteiger partial charge in [-0.15, -0.1) is 0 Å². The van der Waals surface area contributed by atoms with E-state index >= 15 is 0 Å². The third kappa shape index (κ3) is 2.02. The average molecular weight is 207 g/mol. The molecule has 0 saturated carbocycles. The summed E-state index contributed by atoms with van der Waals surface area (Å²) in [5, 5.41) is 8.94. The first-order chi connectivity index (χ1) is 6.86. The molecule has 82 valence electrons. The SMILES string of the molecule is Cc1cc(C)c(C)c(C(N)C(=O)O)c1C. The fourth-order valence-electron chi connectivity index (χ4n) is 1.84. The number of hydrogen-bond donors (Lipinski definition) is 2. The van der Waals surface area contributed by atoms with Gasteiger partial charge in [0.15, 0.2) is 0 Å². The first-order valence-electron chi connectivity index (χ1n) is 4.92. The molecule has 0 bridgehead atoms. The van der Waals surface area contributed by atoms with Crippen LogP contribution in [0.1, 0.15) is 33.9 Å². The van der Waals surface area contributed by atoms with Crippen LogP contribution in [0.15, 0.2) is 6.07 Å². The van der Waals surface area contributed by atoms with Gasteiger partial charge in [0.1, 0.15) is 6.04 Å². The first-order valence-corrected chi connectivity index (χ1v) is 4.92. The van der Waals surface area contributed by atoms with Crippen LogP contribution >= 0.6 is 0 Å². The van der Waals surface area contributed by atoms with Crippen LogP contribution in [0.4, 0.5) is 0 Å². The van der Waals surface area contributed by atoms with Gasteiger partial charge in [-0.2, -0.15) is 0 Å². The number of aryl methyl sites for hydroxylation is 2. The second kappa shape index (κ2) is 4.03. The molecule has 0 aliphatic rings. The Morgan fingerprint density at radius 1 is 1.20 bits per heavy atom. The van der Waals surface area contributed by atoms with Gasteiger partial charge in [0.25, 0.3) is 0 Å². The summed E-state index contributed by atoms with van der Waals surface area (Å²) in [6.07, 6.45) is 0. The molecule has 3 nitrogen and oxygen atoms in total. The quantitative estimate of drug-likeness (QED) is 0.779. The summed E-state index contributed by atoms with van der Waals surface area (Å²) < 4.78 is 0. The molecule has 0 spiro atoms. The van der Waals surface area contributed by atoms with E-state index in [9.17, 15) is 4.79 Å². The Kier molecular flexibility index (Phi) is 3.15. The van der Waals surface area contributed by atoms with Crippen molar-refractivity contribution in [3.05, 3.63) is 33.9 Å². The van der Waals surface area contributed by atoms with Crippen LogP contribution in [-0.2, 0) is 4.79 Å². The lowest BCUT2D eigenvalue weighted by atomic mass is 9.90. The van der Waals surface area contributed by atoms with Gasteiger partial charge in [-0.3, -0.25) is 4.79 Å². The topological polar surface area (TPSA) is 63.3 Å². The zero-order valence-electron chi connectivity index (χ0n) is 9.59. The summed E-state index contributed by atoms with van der Waals surface area (Å²) in [6.45, 7) is 7.78. The maximum atomic E-state index is 10.9. The summed E-state index contributed by atoms with van der Waals surface area (Å²) in [7, 11) is 0. The Morgan fingerprint density at radius 2 is 1.60 bits per heavy atom. The van der Waals surface area contributed by atoms with E-state index in [1.165, 1.54) is 0 Å². The fourth-order valence-corrected chi connectivity index (χ4v) is 1.84. The van der Waals surface area contributed by atoms with Crippen LogP contribution in [0.3, 0.4) is 0 Å².